The van der Waals surface area contributed by atoms with Gasteiger partial charge in [0, 0.05) is 22.7 Å². The summed E-state index contributed by atoms with van der Waals surface area (Å²) in [7, 11) is 0. The highest BCUT2D eigenvalue weighted by Crippen LogP contribution is 2.21. The number of rotatable bonds is 2. The lowest BCUT2D eigenvalue weighted by Gasteiger charge is -1.98. The normalized spacial score (nSPS) is 9.53. The van der Waals surface area contributed by atoms with Gasteiger partial charge < -0.3 is 4.98 Å². The number of aldehydes is 1. The number of fused-ring (bicyclic) bond motifs is 1. The highest BCUT2D eigenvalue weighted by Gasteiger charge is 2.05. The van der Waals surface area contributed by atoms with E-state index in [-0.39, 0.29) is 0 Å². The Hall–Kier alpha value is -1.57. The van der Waals surface area contributed by atoms with Gasteiger partial charge in [0.2, 0.25) is 0 Å². The molecule has 0 radical (unpaired) electrons. The summed E-state index contributed by atoms with van der Waals surface area (Å²) < 4.78 is 0. The van der Waals surface area contributed by atoms with E-state index in [0.29, 0.717) is 0 Å². The van der Waals surface area contributed by atoms with E-state index in [1.807, 2.05) is 26.0 Å². The lowest BCUT2D eigenvalue weighted by atomic mass is 10.1. The highest BCUT2D eigenvalue weighted by atomic mass is 16.1. The first-order valence-electron chi connectivity index (χ1n) is 5.41. The molecule has 2 aromatic rings. The number of aromatic amines is 1. The summed E-state index contributed by atoms with van der Waals surface area (Å²) in [5.74, 6) is 0. The zero-order chi connectivity index (χ0) is 11.3. The molecule has 2 nitrogen and oxygen atoms in total. The quantitative estimate of drug-likeness (QED) is 0.743. The van der Waals surface area contributed by atoms with Crippen molar-refractivity contribution in [2.75, 3.05) is 0 Å². The van der Waals surface area contributed by atoms with Gasteiger partial charge in [0.25, 0.3) is 0 Å². The van der Waals surface area contributed by atoms with E-state index in [4.69, 9.17) is 0 Å². The first kappa shape index (κ1) is 11.5. The summed E-state index contributed by atoms with van der Waals surface area (Å²) in [5, 5.41) is 1.07. The molecule has 1 N–H and O–H groups in total. The molecule has 0 aliphatic heterocycles. The molecule has 2 heteroatoms. The maximum Gasteiger partial charge on any atom is 0.152 e. The Morgan fingerprint density at radius 3 is 2.67 bits per heavy atom. The SMILES string of the molecule is CC.CCc1cccc2[nH]cc(C=O)c12. The molecule has 80 valence electrons. The summed E-state index contributed by atoms with van der Waals surface area (Å²) in [5.41, 5.74) is 3.02. The molecule has 0 aliphatic carbocycles. The fourth-order valence-electron chi connectivity index (χ4n) is 1.68. The molecule has 0 atom stereocenters. The van der Waals surface area contributed by atoms with E-state index in [1.165, 1.54) is 5.56 Å². The second-order valence-electron chi connectivity index (χ2n) is 3.06. The Morgan fingerprint density at radius 2 is 2.07 bits per heavy atom. The average Bonchev–Trinajstić information content (AvgIpc) is 2.74. The molecule has 0 unspecified atom stereocenters. The standard InChI is InChI=1S/C11H11NO.C2H6/c1-2-8-4-3-5-10-11(8)9(7-13)6-12-10;1-2/h3-7,12H,2H2,1H3;1-2H3. The van der Waals surface area contributed by atoms with Crippen LogP contribution in [0.3, 0.4) is 0 Å². The molecule has 0 fully saturated rings. The number of aromatic nitrogens is 1. The van der Waals surface area contributed by atoms with Crippen molar-refractivity contribution in [3.63, 3.8) is 0 Å². The lowest BCUT2D eigenvalue weighted by Crippen LogP contribution is -1.84. The number of hydrogen-bond acceptors (Lipinski definition) is 1. The Kier molecular flexibility index (Phi) is 4.10. The third-order valence-electron chi connectivity index (χ3n) is 2.33. The van der Waals surface area contributed by atoms with E-state index in [2.05, 4.69) is 18.0 Å². The zero-order valence-corrected chi connectivity index (χ0v) is 9.50. The summed E-state index contributed by atoms with van der Waals surface area (Å²) in [4.78, 5) is 13.8. The van der Waals surface area contributed by atoms with Crippen LogP contribution in [0.4, 0.5) is 0 Å². The molecule has 1 heterocycles. The van der Waals surface area contributed by atoms with Gasteiger partial charge in [-0.3, -0.25) is 4.79 Å². The first-order valence-corrected chi connectivity index (χ1v) is 5.41. The van der Waals surface area contributed by atoms with Crippen LogP contribution in [0, 0.1) is 0 Å². The van der Waals surface area contributed by atoms with Crippen LogP contribution in [-0.4, -0.2) is 11.3 Å². The maximum absolute atomic E-state index is 10.7. The second-order valence-corrected chi connectivity index (χ2v) is 3.06. The van der Waals surface area contributed by atoms with Crippen molar-refractivity contribution in [3.8, 4) is 0 Å². The number of aryl methyl sites for hydroxylation is 1. The first-order chi connectivity index (χ1) is 7.36. The van der Waals surface area contributed by atoms with Gasteiger partial charge in [0.05, 0.1) is 0 Å². The topological polar surface area (TPSA) is 32.9 Å². The maximum atomic E-state index is 10.7. The minimum Gasteiger partial charge on any atom is -0.360 e. The number of nitrogens with one attached hydrogen (secondary N) is 1. The largest absolute Gasteiger partial charge is 0.360 e. The van der Waals surface area contributed by atoms with Crippen molar-refractivity contribution in [1.82, 2.24) is 4.98 Å². The molecular weight excluding hydrogens is 186 g/mol. The van der Waals surface area contributed by atoms with Crippen LogP contribution in [0.2, 0.25) is 0 Å². The number of hydrogen-bond donors (Lipinski definition) is 1. The van der Waals surface area contributed by atoms with Gasteiger partial charge in [0.15, 0.2) is 6.29 Å². The van der Waals surface area contributed by atoms with Crippen LogP contribution in [0.25, 0.3) is 10.9 Å². The van der Waals surface area contributed by atoms with Crippen LogP contribution in [0.5, 0.6) is 0 Å². The number of carbonyl (C=O) groups excluding carboxylic acids is 1. The molecule has 0 amide bonds. The van der Waals surface area contributed by atoms with Crippen LogP contribution in [0.1, 0.15) is 36.7 Å². The summed E-state index contributed by atoms with van der Waals surface area (Å²) in [6.07, 6.45) is 3.62. The van der Waals surface area contributed by atoms with Gasteiger partial charge in [-0.15, -0.1) is 0 Å². The van der Waals surface area contributed by atoms with Gasteiger partial charge in [-0.05, 0) is 18.1 Å². The van der Waals surface area contributed by atoms with Crippen molar-refractivity contribution in [1.29, 1.82) is 0 Å². The predicted octanol–water partition coefficient (Wildman–Crippen LogP) is 3.57. The van der Waals surface area contributed by atoms with Gasteiger partial charge in [-0.1, -0.05) is 32.9 Å². The Balaban J connectivity index is 0.000000531. The van der Waals surface area contributed by atoms with Gasteiger partial charge >= 0.3 is 0 Å². The second kappa shape index (κ2) is 5.35. The van der Waals surface area contributed by atoms with E-state index < -0.39 is 0 Å². The van der Waals surface area contributed by atoms with Gasteiger partial charge in [-0.2, -0.15) is 0 Å². The van der Waals surface area contributed by atoms with E-state index in [1.54, 1.807) is 6.20 Å². The molecule has 0 saturated carbocycles. The Labute approximate surface area is 90.3 Å². The van der Waals surface area contributed by atoms with Crippen LogP contribution in [0.15, 0.2) is 24.4 Å². The smallest absolute Gasteiger partial charge is 0.152 e. The molecule has 1 aromatic carbocycles. The summed E-state index contributed by atoms with van der Waals surface area (Å²) in [6, 6.07) is 6.05. The third kappa shape index (κ3) is 2.09. The molecule has 0 spiro atoms. The zero-order valence-electron chi connectivity index (χ0n) is 9.50. The fourth-order valence-corrected chi connectivity index (χ4v) is 1.68. The minimum atomic E-state index is 0.757. The Morgan fingerprint density at radius 1 is 1.33 bits per heavy atom. The van der Waals surface area contributed by atoms with Crippen molar-refractivity contribution < 1.29 is 4.79 Å². The van der Waals surface area contributed by atoms with Crippen molar-refractivity contribution in [2.45, 2.75) is 27.2 Å². The van der Waals surface area contributed by atoms with Crippen LogP contribution >= 0.6 is 0 Å². The van der Waals surface area contributed by atoms with Crippen LogP contribution < -0.4 is 0 Å². The summed E-state index contributed by atoms with van der Waals surface area (Å²) >= 11 is 0. The molecular formula is C13H17NO. The predicted molar refractivity (Wildman–Crippen MR) is 64.4 cm³/mol. The number of carbonyl (C=O) groups is 1. The van der Waals surface area contributed by atoms with Gasteiger partial charge in [0.1, 0.15) is 0 Å². The molecule has 0 bridgehead atoms. The third-order valence-corrected chi connectivity index (χ3v) is 2.33. The highest BCUT2D eigenvalue weighted by molar-refractivity contribution is 5.99. The lowest BCUT2D eigenvalue weighted by molar-refractivity contribution is 0.112. The van der Waals surface area contributed by atoms with Gasteiger partial charge in [-0.25, -0.2) is 0 Å². The molecule has 0 aliphatic rings. The average molecular weight is 203 g/mol. The van der Waals surface area contributed by atoms with Crippen molar-refractivity contribution >= 4 is 17.2 Å². The molecule has 2 rings (SSSR count). The Bertz CT molecular complexity index is 443. The number of benzene rings is 1. The van der Waals surface area contributed by atoms with Crippen molar-refractivity contribution in [2.24, 2.45) is 0 Å². The van der Waals surface area contributed by atoms with E-state index >= 15 is 0 Å². The monoisotopic (exact) mass is 203 g/mol. The minimum absolute atomic E-state index is 0.757. The summed E-state index contributed by atoms with van der Waals surface area (Å²) in [6.45, 7) is 6.09. The van der Waals surface area contributed by atoms with E-state index in [0.717, 1.165) is 29.2 Å². The fraction of sp³-hybridized carbons (Fsp3) is 0.308. The van der Waals surface area contributed by atoms with Crippen molar-refractivity contribution in [3.05, 3.63) is 35.5 Å². The molecule has 0 saturated heterocycles. The molecule has 1 aromatic heterocycles. The van der Waals surface area contributed by atoms with E-state index in [9.17, 15) is 4.79 Å². The van der Waals surface area contributed by atoms with Crippen LogP contribution in [-0.2, 0) is 6.42 Å². The molecule has 15 heavy (non-hydrogen) atoms. The number of H-pyrrole nitrogens is 1.